The Morgan fingerprint density at radius 1 is 1.44 bits per heavy atom. The Morgan fingerprint density at radius 3 is 2.69 bits per heavy atom. The average molecular weight is 239 g/mol. The van der Waals surface area contributed by atoms with Gasteiger partial charge in [0.15, 0.2) is 0 Å². The number of nitrogens with zero attached hydrogens (tertiary/aromatic N) is 1. The van der Waals surface area contributed by atoms with E-state index in [0.717, 1.165) is 25.1 Å². The Bertz CT molecular complexity index is 371. The van der Waals surface area contributed by atoms with Crippen LogP contribution in [0.25, 0.3) is 0 Å². The van der Waals surface area contributed by atoms with Crippen LogP contribution in [0.5, 0.6) is 0 Å². The molecule has 16 heavy (non-hydrogen) atoms. The maximum atomic E-state index is 12.1. The summed E-state index contributed by atoms with van der Waals surface area (Å²) in [6, 6.07) is 7.27. The van der Waals surface area contributed by atoms with Crippen LogP contribution in [0.15, 0.2) is 24.3 Å². The molecule has 0 bridgehead atoms. The molecule has 1 aromatic carbocycles. The third-order valence-corrected chi connectivity index (χ3v) is 3.15. The van der Waals surface area contributed by atoms with E-state index < -0.39 is 0 Å². The van der Waals surface area contributed by atoms with Crippen LogP contribution in [-0.2, 0) is 4.79 Å². The zero-order chi connectivity index (χ0) is 11.5. The van der Waals surface area contributed by atoms with E-state index in [1.807, 2.05) is 12.1 Å². The molecule has 1 aromatic rings. The van der Waals surface area contributed by atoms with E-state index in [4.69, 9.17) is 11.6 Å². The predicted molar refractivity (Wildman–Crippen MR) is 65.9 cm³/mol. The molecule has 1 aliphatic rings. The van der Waals surface area contributed by atoms with Gasteiger partial charge in [-0.3, -0.25) is 4.79 Å². The lowest BCUT2D eigenvalue weighted by atomic mass is 10.2. The minimum absolute atomic E-state index is 0.0271. The van der Waals surface area contributed by atoms with E-state index in [-0.39, 0.29) is 11.9 Å². The van der Waals surface area contributed by atoms with Gasteiger partial charge in [0.1, 0.15) is 0 Å². The van der Waals surface area contributed by atoms with Crippen molar-refractivity contribution in [2.45, 2.75) is 18.9 Å². The van der Waals surface area contributed by atoms with Crippen molar-refractivity contribution in [2.24, 2.45) is 0 Å². The third kappa shape index (κ3) is 2.36. The summed E-state index contributed by atoms with van der Waals surface area (Å²) < 4.78 is 0. The van der Waals surface area contributed by atoms with Crippen LogP contribution in [0.1, 0.15) is 12.8 Å². The average Bonchev–Trinajstić information content (AvgIpc) is 2.81. The van der Waals surface area contributed by atoms with E-state index in [1.54, 1.807) is 24.1 Å². The van der Waals surface area contributed by atoms with Gasteiger partial charge in [0, 0.05) is 17.8 Å². The molecule has 1 unspecified atom stereocenters. The van der Waals surface area contributed by atoms with Gasteiger partial charge in [0.05, 0.1) is 6.04 Å². The van der Waals surface area contributed by atoms with Crippen molar-refractivity contribution >= 4 is 23.2 Å². The maximum Gasteiger partial charge on any atom is 0.243 e. The maximum absolute atomic E-state index is 12.1. The molecule has 0 saturated carbocycles. The molecule has 0 aliphatic carbocycles. The monoisotopic (exact) mass is 238 g/mol. The van der Waals surface area contributed by atoms with Crippen molar-refractivity contribution in [3.8, 4) is 0 Å². The molecule has 1 saturated heterocycles. The normalized spacial score (nSPS) is 19.8. The Labute approximate surface area is 100 Å². The molecule has 1 amide bonds. The largest absolute Gasteiger partial charge is 0.314 e. The molecule has 1 aliphatic heterocycles. The fraction of sp³-hybridized carbons (Fsp3) is 0.417. The highest BCUT2D eigenvalue weighted by molar-refractivity contribution is 6.30. The van der Waals surface area contributed by atoms with Crippen LogP contribution in [0, 0.1) is 0 Å². The molecule has 0 spiro atoms. The lowest BCUT2D eigenvalue weighted by molar-refractivity contribution is -0.119. The zero-order valence-electron chi connectivity index (χ0n) is 9.24. The molecule has 86 valence electrons. The Kier molecular flexibility index (Phi) is 3.46. The number of benzene rings is 1. The van der Waals surface area contributed by atoms with Gasteiger partial charge in [-0.25, -0.2) is 0 Å². The van der Waals surface area contributed by atoms with Gasteiger partial charge in [-0.2, -0.15) is 0 Å². The van der Waals surface area contributed by atoms with E-state index in [0.29, 0.717) is 5.02 Å². The van der Waals surface area contributed by atoms with Gasteiger partial charge in [0.2, 0.25) is 5.91 Å². The minimum Gasteiger partial charge on any atom is -0.314 e. The molecule has 2 rings (SSSR count). The summed E-state index contributed by atoms with van der Waals surface area (Å²) in [5, 5.41) is 3.89. The van der Waals surface area contributed by atoms with E-state index in [9.17, 15) is 4.79 Å². The molecule has 0 aromatic heterocycles. The molecule has 4 heteroatoms. The highest BCUT2D eigenvalue weighted by atomic mass is 35.5. The number of nitrogens with one attached hydrogen (secondary N) is 1. The van der Waals surface area contributed by atoms with Gasteiger partial charge in [0.25, 0.3) is 0 Å². The van der Waals surface area contributed by atoms with Crippen LogP contribution in [-0.4, -0.2) is 25.5 Å². The van der Waals surface area contributed by atoms with Crippen molar-refractivity contribution in [1.29, 1.82) is 0 Å². The third-order valence-electron chi connectivity index (χ3n) is 2.90. The lowest BCUT2D eigenvalue weighted by Gasteiger charge is -2.21. The van der Waals surface area contributed by atoms with E-state index in [1.165, 1.54) is 0 Å². The summed E-state index contributed by atoms with van der Waals surface area (Å²) in [7, 11) is 1.80. The Hall–Kier alpha value is -1.06. The minimum atomic E-state index is -0.0271. The summed E-state index contributed by atoms with van der Waals surface area (Å²) in [6.45, 7) is 0.935. The summed E-state index contributed by atoms with van der Waals surface area (Å²) in [4.78, 5) is 13.7. The number of carbonyl (C=O) groups is 1. The van der Waals surface area contributed by atoms with Gasteiger partial charge in [-0.05, 0) is 43.7 Å². The number of anilines is 1. The topological polar surface area (TPSA) is 32.3 Å². The summed E-state index contributed by atoms with van der Waals surface area (Å²) in [6.07, 6.45) is 2.00. The smallest absolute Gasteiger partial charge is 0.243 e. The van der Waals surface area contributed by atoms with Crippen molar-refractivity contribution in [3.05, 3.63) is 29.3 Å². The molecular formula is C12H15ClN2O. The van der Waals surface area contributed by atoms with Gasteiger partial charge in [-0.1, -0.05) is 11.6 Å². The van der Waals surface area contributed by atoms with Crippen LogP contribution >= 0.6 is 11.6 Å². The second-order valence-electron chi connectivity index (χ2n) is 4.02. The number of carbonyl (C=O) groups excluding carboxylic acids is 1. The summed E-state index contributed by atoms with van der Waals surface area (Å²) >= 11 is 5.81. The summed E-state index contributed by atoms with van der Waals surface area (Å²) in [5.74, 6) is 0.125. The molecule has 1 fully saturated rings. The van der Waals surface area contributed by atoms with E-state index >= 15 is 0 Å². The fourth-order valence-electron chi connectivity index (χ4n) is 1.92. The quantitative estimate of drug-likeness (QED) is 0.856. The molecular weight excluding hydrogens is 224 g/mol. The number of amides is 1. The Balaban J connectivity index is 2.08. The molecule has 0 radical (unpaired) electrons. The van der Waals surface area contributed by atoms with Crippen molar-refractivity contribution in [3.63, 3.8) is 0 Å². The summed E-state index contributed by atoms with van der Waals surface area (Å²) in [5.41, 5.74) is 0.878. The SMILES string of the molecule is CN(C(=O)C1CCCN1)c1ccc(Cl)cc1. The highest BCUT2D eigenvalue weighted by Gasteiger charge is 2.25. The van der Waals surface area contributed by atoms with Gasteiger partial charge >= 0.3 is 0 Å². The van der Waals surface area contributed by atoms with Crippen molar-refractivity contribution in [2.75, 3.05) is 18.5 Å². The number of rotatable bonds is 2. The molecule has 3 nitrogen and oxygen atoms in total. The first-order valence-electron chi connectivity index (χ1n) is 5.45. The van der Waals surface area contributed by atoms with E-state index in [2.05, 4.69) is 5.32 Å². The number of hydrogen-bond acceptors (Lipinski definition) is 2. The first-order chi connectivity index (χ1) is 7.68. The number of likely N-dealkylation sites (N-methyl/N-ethyl adjacent to an activating group) is 1. The van der Waals surface area contributed by atoms with Crippen LogP contribution in [0.3, 0.4) is 0 Å². The van der Waals surface area contributed by atoms with Crippen LogP contribution < -0.4 is 10.2 Å². The second-order valence-corrected chi connectivity index (χ2v) is 4.46. The molecule has 1 heterocycles. The first kappa shape index (κ1) is 11.4. The van der Waals surface area contributed by atoms with Crippen LogP contribution in [0.2, 0.25) is 5.02 Å². The van der Waals surface area contributed by atoms with Crippen LogP contribution in [0.4, 0.5) is 5.69 Å². The molecule has 1 N–H and O–H groups in total. The van der Waals surface area contributed by atoms with Gasteiger partial charge in [-0.15, -0.1) is 0 Å². The zero-order valence-corrected chi connectivity index (χ0v) is 10.00. The molecule has 1 atom stereocenters. The lowest BCUT2D eigenvalue weighted by Crippen LogP contribution is -2.41. The first-order valence-corrected chi connectivity index (χ1v) is 5.83. The van der Waals surface area contributed by atoms with Gasteiger partial charge < -0.3 is 10.2 Å². The predicted octanol–water partition coefficient (Wildman–Crippen LogP) is 2.05. The van der Waals surface area contributed by atoms with Crippen molar-refractivity contribution in [1.82, 2.24) is 5.32 Å². The standard InChI is InChI=1S/C12H15ClN2O/c1-15(10-6-4-9(13)5-7-10)12(16)11-3-2-8-14-11/h4-7,11,14H,2-3,8H2,1H3. The Morgan fingerprint density at radius 2 is 2.12 bits per heavy atom. The second kappa shape index (κ2) is 4.85. The number of hydrogen-bond donors (Lipinski definition) is 1. The number of halogens is 1. The van der Waals surface area contributed by atoms with Crippen molar-refractivity contribution < 1.29 is 4.79 Å². The highest BCUT2D eigenvalue weighted by Crippen LogP contribution is 2.18. The fourth-order valence-corrected chi connectivity index (χ4v) is 2.05.